The highest BCUT2D eigenvalue weighted by molar-refractivity contribution is 5.99. The summed E-state index contributed by atoms with van der Waals surface area (Å²) in [6.07, 6.45) is 0. The number of carbonyl (C=O) groups excluding carboxylic acids is 2. The number of amides is 1. The van der Waals surface area contributed by atoms with Gasteiger partial charge in [-0.25, -0.2) is 0 Å². The molecule has 0 heterocycles. The summed E-state index contributed by atoms with van der Waals surface area (Å²) >= 11 is 0. The third-order valence-corrected chi connectivity index (χ3v) is 3.75. The van der Waals surface area contributed by atoms with Crippen LogP contribution in [0.2, 0.25) is 0 Å². The maximum Gasteiger partial charge on any atom is 0.251 e. The number of rotatable bonds is 5. The summed E-state index contributed by atoms with van der Waals surface area (Å²) in [7, 11) is 0. The Morgan fingerprint density at radius 3 is 2.09 bits per heavy atom. The van der Waals surface area contributed by atoms with E-state index in [9.17, 15) is 9.59 Å². The summed E-state index contributed by atoms with van der Waals surface area (Å²) in [5, 5.41) is 2.87. The largest absolute Gasteiger partial charge is 0.399 e. The lowest BCUT2D eigenvalue weighted by Gasteiger charge is -2.20. The zero-order valence-corrected chi connectivity index (χ0v) is 12.7. The van der Waals surface area contributed by atoms with Gasteiger partial charge in [-0.05, 0) is 43.3 Å². The zero-order valence-electron chi connectivity index (χ0n) is 12.7. The van der Waals surface area contributed by atoms with Crippen molar-refractivity contribution in [3.63, 3.8) is 0 Å². The molecule has 0 saturated heterocycles. The Morgan fingerprint density at radius 2 is 1.50 bits per heavy atom. The second kappa shape index (κ2) is 6.89. The maximum atomic E-state index is 12.4. The van der Waals surface area contributed by atoms with Gasteiger partial charge in [0.2, 0.25) is 0 Å². The minimum absolute atomic E-state index is 0.0131. The van der Waals surface area contributed by atoms with E-state index < -0.39 is 0 Å². The first-order valence-corrected chi connectivity index (χ1v) is 7.24. The quantitative estimate of drug-likeness (QED) is 0.658. The van der Waals surface area contributed by atoms with E-state index >= 15 is 0 Å². The molecule has 1 amide bonds. The molecule has 2 unspecified atom stereocenters. The molecule has 2 aromatic carbocycles. The molecule has 2 rings (SSSR count). The number of nitrogens with one attached hydrogen (secondary N) is 1. The molecule has 4 heteroatoms. The van der Waals surface area contributed by atoms with Gasteiger partial charge in [-0.1, -0.05) is 25.1 Å². The Balaban J connectivity index is 2.02. The van der Waals surface area contributed by atoms with Crippen LogP contribution in [0.3, 0.4) is 0 Å². The molecule has 0 spiro atoms. The molecule has 0 aliphatic rings. The van der Waals surface area contributed by atoms with Crippen LogP contribution in [-0.2, 0) is 0 Å². The van der Waals surface area contributed by atoms with E-state index in [4.69, 9.17) is 5.73 Å². The number of ketones is 1. The second-order valence-corrected chi connectivity index (χ2v) is 5.40. The zero-order chi connectivity index (χ0) is 16.1. The Labute approximate surface area is 130 Å². The highest BCUT2D eigenvalue weighted by atomic mass is 16.2. The summed E-state index contributed by atoms with van der Waals surface area (Å²) in [5.41, 5.74) is 7.43. The highest BCUT2D eigenvalue weighted by Gasteiger charge is 2.23. The Kier molecular flexibility index (Phi) is 4.94. The van der Waals surface area contributed by atoms with Crippen LogP contribution in [0.5, 0.6) is 0 Å². The van der Waals surface area contributed by atoms with Crippen LogP contribution in [-0.4, -0.2) is 17.7 Å². The van der Waals surface area contributed by atoms with Gasteiger partial charge in [0.25, 0.3) is 5.91 Å². The molecule has 3 N–H and O–H groups in total. The number of carbonyl (C=O) groups is 2. The van der Waals surface area contributed by atoms with Crippen molar-refractivity contribution in [2.24, 2.45) is 5.92 Å². The summed E-state index contributed by atoms with van der Waals surface area (Å²) in [6.45, 7) is 3.65. The topological polar surface area (TPSA) is 72.2 Å². The Morgan fingerprint density at radius 1 is 0.909 bits per heavy atom. The van der Waals surface area contributed by atoms with Crippen molar-refractivity contribution in [2.75, 3.05) is 5.73 Å². The van der Waals surface area contributed by atoms with Gasteiger partial charge in [0.15, 0.2) is 5.78 Å². The van der Waals surface area contributed by atoms with Crippen LogP contribution in [0.25, 0.3) is 0 Å². The van der Waals surface area contributed by atoms with Crippen molar-refractivity contribution < 1.29 is 9.59 Å². The van der Waals surface area contributed by atoms with Gasteiger partial charge in [0, 0.05) is 28.8 Å². The van der Waals surface area contributed by atoms with E-state index in [1.165, 1.54) is 0 Å². The van der Waals surface area contributed by atoms with Gasteiger partial charge in [-0.3, -0.25) is 9.59 Å². The number of benzene rings is 2. The second-order valence-electron chi connectivity index (χ2n) is 5.40. The summed E-state index contributed by atoms with van der Waals surface area (Å²) < 4.78 is 0. The van der Waals surface area contributed by atoms with Crippen LogP contribution >= 0.6 is 0 Å². The fourth-order valence-corrected chi connectivity index (χ4v) is 2.14. The monoisotopic (exact) mass is 296 g/mol. The van der Waals surface area contributed by atoms with Gasteiger partial charge in [-0.15, -0.1) is 0 Å². The lowest BCUT2D eigenvalue weighted by Crippen LogP contribution is -2.40. The molecule has 0 radical (unpaired) electrons. The van der Waals surface area contributed by atoms with E-state index in [0.717, 1.165) is 0 Å². The summed E-state index contributed by atoms with van der Waals surface area (Å²) in [6, 6.07) is 15.5. The third kappa shape index (κ3) is 3.73. The molecule has 2 aromatic rings. The van der Waals surface area contributed by atoms with Crippen molar-refractivity contribution >= 4 is 17.4 Å². The summed E-state index contributed by atoms with van der Waals surface area (Å²) in [4.78, 5) is 24.5. The van der Waals surface area contributed by atoms with Gasteiger partial charge >= 0.3 is 0 Å². The highest BCUT2D eigenvalue weighted by Crippen LogP contribution is 2.14. The first kappa shape index (κ1) is 15.8. The molecule has 114 valence electrons. The molecule has 0 fully saturated rings. The number of nitrogens with two attached hydrogens (primary N) is 1. The normalized spacial score (nSPS) is 13.2. The number of hydrogen-bond acceptors (Lipinski definition) is 3. The molecule has 4 nitrogen and oxygen atoms in total. The van der Waals surface area contributed by atoms with E-state index in [1.54, 1.807) is 36.4 Å². The van der Waals surface area contributed by atoms with Crippen LogP contribution < -0.4 is 11.1 Å². The number of Topliss-reactive ketones (excluding diaryl/α,β-unsaturated/α-hetero) is 1. The van der Waals surface area contributed by atoms with E-state index in [-0.39, 0.29) is 23.7 Å². The molecule has 0 bridgehead atoms. The van der Waals surface area contributed by atoms with Gasteiger partial charge in [-0.2, -0.15) is 0 Å². The van der Waals surface area contributed by atoms with Crippen LogP contribution in [0.15, 0.2) is 54.6 Å². The Bertz CT molecular complexity index is 651. The molecule has 2 atom stereocenters. The average Bonchev–Trinajstić information content (AvgIpc) is 2.55. The predicted octanol–water partition coefficient (Wildman–Crippen LogP) is 2.91. The standard InChI is InChI=1S/C18H20N2O2/c1-12(17(21)14-8-10-16(19)11-9-14)13(2)20-18(22)15-6-4-3-5-7-15/h3-13H,19H2,1-2H3,(H,20,22). The number of nitrogen functional groups attached to an aromatic ring is 1. The van der Waals surface area contributed by atoms with Crippen LogP contribution in [0, 0.1) is 5.92 Å². The van der Waals surface area contributed by atoms with E-state index in [1.807, 2.05) is 32.0 Å². The molecule has 0 aliphatic heterocycles. The first-order chi connectivity index (χ1) is 10.5. The van der Waals surface area contributed by atoms with Crippen molar-refractivity contribution in [3.8, 4) is 0 Å². The molecular weight excluding hydrogens is 276 g/mol. The van der Waals surface area contributed by atoms with Gasteiger partial charge < -0.3 is 11.1 Å². The third-order valence-electron chi connectivity index (χ3n) is 3.75. The van der Waals surface area contributed by atoms with Crippen molar-refractivity contribution in [1.29, 1.82) is 0 Å². The van der Waals surface area contributed by atoms with E-state index in [0.29, 0.717) is 16.8 Å². The Hall–Kier alpha value is -2.62. The molecule has 0 saturated carbocycles. The smallest absolute Gasteiger partial charge is 0.251 e. The first-order valence-electron chi connectivity index (χ1n) is 7.24. The molecule has 0 aliphatic carbocycles. The van der Waals surface area contributed by atoms with Crippen molar-refractivity contribution in [3.05, 3.63) is 65.7 Å². The average molecular weight is 296 g/mol. The maximum absolute atomic E-state index is 12.4. The fourth-order valence-electron chi connectivity index (χ4n) is 2.14. The lowest BCUT2D eigenvalue weighted by atomic mass is 9.93. The SMILES string of the molecule is CC(NC(=O)c1ccccc1)C(C)C(=O)c1ccc(N)cc1. The fraction of sp³-hybridized carbons (Fsp3) is 0.222. The van der Waals surface area contributed by atoms with E-state index in [2.05, 4.69) is 5.32 Å². The van der Waals surface area contributed by atoms with Gasteiger partial charge in [0.1, 0.15) is 0 Å². The molecular formula is C18H20N2O2. The molecule has 22 heavy (non-hydrogen) atoms. The summed E-state index contributed by atoms with van der Waals surface area (Å²) in [5.74, 6) is -0.512. The number of hydrogen-bond donors (Lipinski definition) is 2. The lowest BCUT2D eigenvalue weighted by molar-refractivity contribution is 0.0868. The van der Waals surface area contributed by atoms with Crippen molar-refractivity contribution in [2.45, 2.75) is 19.9 Å². The van der Waals surface area contributed by atoms with Crippen LogP contribution in [0.4, 0.5) is 5.69 Å². The van der Waals surface area contributed by atoms with Crippen LogP contribution in [0.1, 0.15) is 34.6 Å². The molecule has 0 aromatic heterocycles. The minimum atomic E-state index is -0.323. The van der Waals surface area contributed by atoms with Gasteiger partial charge in [0.05, 0.1) is 0 Å². The van der Waals surface area contributed by atoms with Crippen molar-refractivity contribution in [1.82, 2.24) is 5.32 Å². The predicted molar refractivity (Wildman–Crippen MR) is 87.7 cm³/mol. The number of anilines is 1. The minimum Gasteiger partial charge on any atom is -0.399 e.